The van der Waals surface area contributed by atoms with Crippen molar-refractivity contribution in [1.82, 2.24) is 18.4 Å². The molecule has 2 aliphatic rings. The zero-order valence-corrected chi connectivity index (χ0v) is 17.9. The van der Waals surface area contributed by atoms with Gasteiger partial charge in [0.2, 0.25) is 0 Å². The normalized spacial score (nSPS) is 21.2. The first-order chi connectivity index (χ1) is 14.4. The number of rotatable bonds is 7. The van der Waals surface area contributed by atoms with E-state index in [0.717, 1.165) is 18.5 Å². The van der Waals surface area contributed by atoms with Crippen LogP contribution in [0.3, 0.4) is 0 Å². The van der Waals surface area contributed by atoms with Crippen molar-refractivity contribution >= 4 is 10.2 Å². The summed E-state index contributed by atoms with van der Waals surface area (Å²) in [6.45, 7) is 2.51. The van der Waals surface area contributed by atoms with Gasteiger partial charge >= 0.3 is 0 Å². The molecule has 2 fully saturated rings. The Morgan fingerprint density at radius 2 is 2.00 bits per heavy atom. The van der Waals surface area contributed by atoms with Crippen LogP contribution < -0.4 is 4.74 Å². The van der Waals surface area contributed by atoms with Crippen LogP contribution in [0.2, 0.25) is 0 Å². The Balaban J connectivity index is 1.38. The van der Waals surface area contributed by atoms with Crippen molar-refractivity contribution in [3.63, 3.8) is 0 Å². The summed E-state index contributed by atoms with van der Waals surface area (Å²) in [6.07, 6.45) is 2.01. The molecule has 1 aromatic heterocycles. The van der Waals surface area contributed by atoms with Crippen LogP contribution in [0, 0.1) is 5.82 Å². The van der Waals surface area contributed by atoms with Crippen LogP contribution in [0.4, 0.5) is 4.39 Å². The van der Waals surface area contributed by atoms with Crippen LogP contribution in [0.15, 0.2) is 30.3 Å². The molecule has 0 N–H and O–H groups in total. The third-order valence-corrected chi connectivity index (χ3v) is 7.50. The molecule has 0 radical (unpaired) electrons. The topological polar surface area (TPSA) is 76.9 Å². The lowest BCUT2D eigenvalue weighted by Crippen LogP contribution is -2.48. The summed E-state index contributed by atoms with van der Waals surface area (Å²) in [6, 6.07) is 7.96. The van der Waals surface area contributed by atoms with Crippen LogP contribution in [0.25, 0.3) is 0 Å². The second-order valence-electron chi connectivity index (χ2n) is 7.57. The van der Waals surface area contributed by atoms with E-state index < -0.39 is 16.3 Å². The van der Waals surface area contributed by atoms with Gasteiger partial charge in [-0.1, -0.05) is 6.07 Å². The lowest BCUT2D eigenvalue weighted by atomic mass is 10.2. The van der Waals surface area contributed by atoms with Crippen LogP contribution >= 0.6 is 0 Å². The second kappa shape index (κ2) is 9.01. The summed E-state index contributed by atoms with van der Waals surface area (Å²) in [5, 5.41) is 4.53. The Morgan fingerprint density at radius 1 is 1.20 bits per heavy atom. The quantitative estimate of drug-likeness (QED) is 0.660. The Kier molecular flexibility index (Phi) is 6.37. The Morgan fingerprint density at radius 3 is 2.77 bits per heavy atom. The predicted molar refractivity (Wildman–Crippen MR) is 109 cm³/mol. The lowest BCUT2D eigenvalue weighted by molar-refractivity contribution is -0.00672. The number of hydrogen-bond donors (Lipinski definition) is 0. The molecule has 0 spiro atoms. The fourth-order valence-electron chi connectivity index (χ4n) is 3.85. The summed E-state index contributed by atoms with van der Waals surface area (Å²) < 4.78 is 55.2. The van der Waals surface area contributed by atoms with Gasteiger partial charge in [-0.25, -0.2) is 4.39 Å². The number of aryl methyl sites for hydroxylation is 1. The van der Waals surface area contributed by atoms with Crippen molar-refractivity contribution < 1.29 is 22.3 Å². The molecule has 0 aliphatic carbocycles. The summed E-state index contributed by atoms with van der Waals surface area (Å²) >= 11 is 0. The standard InChI is InChI=1S/C20H27FN4O4S/c1-23-17(7-11-28-18-6-4-5-16(21)13-18)14-19(22-23)20-15-25(10-12-29-20)30(26,27)24-8-2-3-9-24/h4-6,13-14,20H,2-3,7-12,15H2,1H3. The zero-order valence-electron chi connectivity index (χ0n) is 17.0. The molecular formula is C20H27FN4O4S. The van der Waals surface area contributed by atoms with E-state index in [0.29, 0.717) is 50.7 Å². The van der Waals surface area contributed by atoms with Gasteiger partial charge in [0, 0.05) is 51.4 Å². The largest absolute Gasteiger partial charge is 0.493 e. The Bertz CT molecular complexity index is 975. The van der Waals surface area contributed by atoms with E-state index in [-0.39, 0.29) is 12.4 Å². The van der Waals surface area contributed by atoms with E-state index in [1.165, 1.54) is 16.4 Å². The highest BCUT2D eigenvalue weighted by molar-refractivity contribution is 7.86. The van der Waals surface area contributed by atoms with Crippen molar-refractivity contribution in [2.75, 3.05) is 39.4 Å². The molecule has 4 rings (SSSR count). The molecule has 1 aromatic carbocycles. The fourth-order valence-corrected chi connectivity index (χ4v) is 5.52. The molecule has 0 amide bonds. The van der Waals surface area contributed by atoms with Gasteiger partial charge in [-0.3, -0.25) is 4.68 Å². The molecule has 0 saturated carbocycles. The molecule has 10 heteroatoms. The molecular weight excluding hydrogens is 411 g/mol. The van der Waals surface area contributed by atoms with Gasteiger partial charge in [-0.15, -0.1) is 0 Å². The van der Waals surface area contributed by atoms with Crippen LogP contribution in [0.1, 0.15) is 30.3 Å². The highest BCUT2D eigenvalue weighted by atomic mass is 32.2. The van der Waals surface area contributed by atoms with Gasteiger partial charge in [-0.2, -0.15) is 22.1 Å². The van der Waals surface area contributed by atoms with Crippen molar-refractivity contribution in [2.24, 2.45) is 7.05 Å². The van der Waals surface area contributed by atoms with Gasteiger partial charge in [0.1, 0.15) is 17.7 Å². The molecule has 8 nitrogen and oxygen atoms in total. The zero-order chi connectivity index (χ0) is 21.1. The molecule has 2 saturated heterocycles. The van der Waals surface area contributed by atoms with E-state index in [2.05, 4.69) is 5.10 Å². The van der Waals surface area contributed by atoms with Crippen molar-refractivity contribution in [1.29, 1.82) is 0 Å². The minimum Gasteiger partial charge on any atom is -0.493 e. The maximum atomic E-state index is 13.2. The summed E-state index contributed by atoms with van der Waals surface area (Å²) in [7, 11) is -1.62. The SMILES string of the molecule is Cn1nc(C2CN(S(=O)(=O)N3CCCC3)CCO2)cc1CCOc1cccc(F)c1. The molecule has 3 heterocycles. The second-order valence-corrected chi connectivity index (χ2v) is 9.50. The van der Waals surface area contributed by atoms with E-state index in [1.54, 1.807) is 21.1 Å². The van der Waals surface area contributed by atoms with Gasteiger partial charge in [0.05, 0.1) is 18.9 Å². The number of benzene rings is 1. The van der Waals surface area contributed by atoms with Crippen molar-refractivity contribution in [3.05, 3.63) is 47.5 Å². The third-order valence-electron chi connectivity index (χ3n) is 5.50. The lowest BCUT2D eigenvalue weighted by Gasteiger charge is -2.33. The molecule has 164 valence electrons. The molecule has 2 aromatic rings. The first-order valence-electron chi connectivity index (χ1n) is 10.2. The highest BCUT2D eigenvalue weighted by Crippen LogP contribution is 2.26. The number of aromatic nitrogens is 2. The molecule has 30 heavy (non-hydrogen) atoms. The third kappa shape index (κ3) is 4.66. The van der Waals surface area contributed by atoms with Gasteiger partial charge in [0.25, 0.3) is 10.2 Å². The van der Waals surface area contributed by atoms with Crippen LogP contribution in [-0.2, 0) is 28.4 Å². The van der Waals surface area contributed by atoms with E-state index in [1.807, 2.05) is 13.1 Å². The number of hydrogen-bond acceptors (Lipinski definition) is 5. The molecule has 1 atom stereocenters. The number of ether oxygens (including phenoxy) is 2. The van der Waals surface area contributed by atoms with Crippen LogP contribution in [-0.4, -0.2) is 66.2 Å². The summed E-state index contributed by atoms with van der Waals surface area (Å²) in [5.41, 5.74) is 1.64. The minimum atomic E-state index is -3.45. The minimum absolute atomic E-state index is 0.259. The van der Waals surface area contributed by atoms with Crippen molar-refractivity contribution in [3.8, 4) is 5.75 Å². The molecule has 0 bridgehead atoms. The van der Waals surface area contributed by atoms with Gasteiger partial charge in [0.15, 0.2) is 0 Å². The summed E-state index contributed by atoms with van der Waals surface area (Å²) in [4.78, 5) is 0. The number of halogens is 1. The average molecular weight is 439 g/mol. The van der Waals surface area contributed by atoms with Gasteiger partial charge < -0.3 is 9.47 Å². The first kappa shape index (κ1) is 21.2. The number of morpholine rings is 1. The first-order valence-corrected chi connectivity index (χ1v) is 11.6. The van der Waals surface area contributed by atoms with E-state index in [9.17, 15) is 12.8 Å². The fraction of sp³-hybridized carbons (Fsp3) is 0.550. The Labute approximate surface area is 176 Å². The van der Waals surface area contributed by atoms with Crippen LogP contribution in [0.5, 0.6) is 5.75 Å². The molecule has 1 unspecified atom stereocenters. The smallest absolute Gasteiger partial charge is 0.282 e. The molecule has 2 aliphatic heterocycles. The van der Waals surface area contributed by atoms with Gasteiger partial charge in [-0.05, 0) is 31.0 Å². The Hall–Kier alpha value is -2.01. The average Bonchev–Trinajstić information content (AvgIpc) is 3.39. The van der Waals surface area contributed by atoms with E-state index >= 15 is 0 Å². The maximum Gasteiger partial charge on any atom is 0.282 e. The van der Waals surface area contributed by atoms with Crippen molar-refractivity contribution in [2.45, 2.75) is 25.4 Å². The number of nitrogens with zero attached hydrogens (tertiary/aromatic N) is 4. The summed E-state index contributed by atoms with van der Waals surface area (Å²) in [5.74, 6) is 0.147. The predicted octanol–water partition coefficient (Wildman–Crippen LogP) is 1.89. The van der Waals surface area contributed by atoms with E-state index in [4.69, 9.17) is 9.47 Å². The maximum absolute atomic E-state index is 13.2. The highest BCUT2D eigenvalue weighted by Gasteiger charge is 2.36. The monoisotopic (exact) mass is 438 g/mol.